The van der Waals surface area contributed by atoms with Crippen molar-refractivity contribution in [1.82, 2.24) is 14.8 Å². The molecule has 7 heteroatoms. The van der Waals surface area contributed by atoms with E-state index in [0.717, 1.165) is 11.1 Å². The molecular weight excluding hydrogens is 320 g/mol. The predicted octanol–water partition coefficient (Wildman–Crippen LogP) is 1.16. The van der Waals surface area contributed by atoms with Crippen LogP contribution in [0.4, 0.5) is 5.69 Å². The van der Waals surface area contributed by atoms with E-state index < -0.39 is 11.2 Å². The number of hydrogen-bond acceptors (Lipinski definition) is 5. The van der Waals surface area contributed by atoms with E-state index in [1.165, 1.54) is 4.68 Å². The molecule has 0 spiro atoms. The molecule has 3 aromatic rings. The van der Waals surface area contributed by atoms with Crippen LogP contribution in [0.25, 0.3) is 0 Å². The van der Waals surface area contributed by atoms with Gasteiger partial charge in [-0.3, -0.25) is 9.78 Å². The van der Waals surface area contributed by atoms with E-state index in [-0.39, 0.29) is 12.2 Å². The summed E-state index contributed by atoms with van der Waals surface area (Å²) in [5.74, 6) is 0.698. The van der Waals surface area contributed by atoms with Crippen molar-refractivity contribution in [3.63, 3.8) is 0 Å². The summed E-state index contributed by atoms with van der Waals surface area (Å²) >= 11 is 0. The Hall–Kier alpha value is -3.35. The Labute approximate surface area is 143 Å². The Kier molecular flexibility index (Phi) is 4.65. The Morgan fingerprint density at radius 3 is 2.60 bits per heavy atom. The van der Waals surface area contributed by atoms with Crippen LogP contribution >= 0.6 is 0 Å². The molecule has 25 heavy (non-hydrogen) atoms. The third-order valence-corrected chi connectivity index (χ3v) is 3.78. The number of nitrogens with two attached hydrogens (primary N) is 1. The van der Waals surface area contributed by atoms with Crippen molar-refractivity contribution < 1.29 is 4.74 Å². The maximum Gasteiger partial charge on any atom is 0.345 e. The number of ether oxygens (including phenoxy) is 1. The van der Waals surface area contributed by atoms with Crippen molar-refractivity contribution in [2.75, 3.05) is 12.8 Å². The van der Waals surface area contributed by atoms with E-state index in [4.69, 9.17) is 10.5 Å². The summed E-state index contributed by atoms with van der Waals surface area (Å²) < 4.78 is 6.42. The first kappa shape index (κ1) is 16.5. The van der Waals surface area contributed by atoms with Gasteiger partial charge in [0.25, 0.3) is 5.56 Å². The van der Waals surface area contributed by atoms with Crippen LogP contribution in [0.3, 0.4) is 0 Å². The third-order valence-electron chi connectivity index (χ3n) is 3.78. The normalized spacial score (nSPS) is 10.6. The van der Waals surface area contributed by atoms with Gasteiger partial charge in [-0.1, -0.05) is 24.3 Å². The smallest absolute Gasteiger partial charge is 0.345 e. The lowest BCUT2D eigenvalue weighted by atomic mass is 10.1. The van der Waals surface area contributed by atoms with Crippen LogP contribution in [-0.2, 0) is 13.0 Å². The summed E-state index contributed by atoms with van der Waals surface area (Å²) in [7, 11) is 1.58. The molecule has 3 N–H and O–H groups in total. The van der Waals surface area contributed by atoms with Gasteiger partial charge in [0.15, 0.2) is 0 Å². The van der Waals surface area contributed by atoms with Gasteiger partial charge in [0.2, 0.25) is 0 Å². The van der Waals surface area contributed by atoms with E-state index >= 15 is 0 Å². The van der Waals surface area contributed by atoms with Crippen LogP contribution in [0.1, 0.15) is 16.8 Å². The SMILES string of the molecule is COc1cccc(Cc2nn(Cc3ccc(N)cc3)c(=O)[nH]c2=O)c1. The van der Waals surface area contributed by atoms with E-state index in [9.17, 15) is 9.59 Å². The van der Waals surface area contributed by atoms with Gasteiger partial charge in [-0.25, -0.2) is 9.48 Å². The molecule has 3 rings (SSSR count). The van der Waals surface area contributed by atoms with Gasteiger partial charge >= 0.3 is 5.69 Å². The number of nitrogens with zero attached hydrogens (tertiary/aromatic N) is 2. The number of methoxy groups -OCH3 is 1. The summed E-state index contributed by atoms with van der Waals surface area (Å²) in [6, 6.07) is 14.5. The van der Waals surface area contributed by atoms with Crippen LogP contribution in [0.15, 0.2) is 58.1 Å². The van der Waals surface area contributed by atoms with Crippen LogP contribution in [-0.4, -0.2) is 21.9 Å². The average Bonchev–Trinajstić information content (AvgIpc) is 2.61. The van der Waals surface area contributed by atoms with E-state index in [0.29, 0.717) is 17.9 Å². The lowest BCUT2D eigenvalue weighted by Gasteiger charge is -2.08. The maximum absolute atomic E-state index is 12.1. The van der Waals surface area contributed by atoms with Crippen LogP contribution in [0.2, 0.25) is 0 Å². The molecule has 128 valence electrons. The number of hydrogen-bond donors (Lipinski definition) is 2. The Morgan fingerprint density at radius 2 is 1.88 bits per heavy atom. The summed E-state index contributed by atoms with van der Waals surface area (Å²) in [6.07, 6.45) is 0.300. The van der Waals surface area contributed by atoms with Gasteiger partial charge < -0.3 is 10.5 Å². The molecule has 7 nitrogen and oxygen atoms in total. The van der Waals surface area contributed by atoms with Gasteiger partial charge in [0, 0.05) is 12.1 Å². The minimum Gasteiger partial charge on any atom is -0.497 e. The zero-order valence-corrected chi connectivity index (χ0v) is 13.7. The molecule has 0 aliphatic carbocycles. The molecule has 0 saturated heterocycles. The fourth-order valence-electron chi connectivity index (χ4n) is 2.46. The topological polar surface area (TPSA) is 103 Å². The van der Waals surface area contributed by atoms with Crippen molar-refractivity contribution >= 4 is 5.69 Å². The zero-order chi connectivity index (χ0) is 17.8. The Balaban J connectivity index is 1.91. The summed E-state index contributed by atoms with van der Waals surface area (Å²) in [5.41, 5.74) is 7.28. The monoisotopic (exact) mass is 338 g/mol. The van der Waals surface area contributed by atoms with E-state index in [1.54, 1.807) is 19.2 Å². The summed E-state index contributed by atoms with van der Waals surface area (Å²) in [4.78, 5) is 26.4. The number of nitrogens with one attached hydrogen (secondary N) is 1. The van der Waals surface area contributed by atoms with Gasteiger partial charge in [-0.05, 0) is 35.4 Å². The molecule has 2 aromatic carbocycles. The quantitative estimate of drug-likeness (QED) is 0.680. The molecule has 1 aromatic heterocycles. The average molecular weight is 338 g/mol. The molecule has 0 unspecified atom stereocenters. The largest absolute Gasteiger partial charge is 0.497 e. The lowest BCUT2D eigenvalue weighted by Crippen LogP contribution is -2.35. The number of benzene rings is 2. The molecular formula is C18H18N4O3. The lowest BCUT2D eigenvalue weighted by molar-refractivity contribution is 0.414. The Morgan fingerprint density at radius 1 is 1.12 bits per heavy atom. The van der Waals surface area contributed by atoms with E-state index in [2.05, 4.69) is 10.1 Å². The molecule has 0 atom stereocenters. The van der Waals surface area contributed by atoms with Crippen molar-refractivity contribution in [2.24, 2.45) is 0 Å². The van der Waals surface area contributed by atoms with Crippen molar-refractivity contribution in [3.8, 4) is 5.75 Å². The van der Waals surface area contributed by atoms with Crippen molar-refractivity contribution in [2.45, 2.75) is 13.0 Å². The van der Waals surface area contributed by atoms with Crippen molar-refractivity contribution in [1.29, 1.82) is 0 Å². The molecule has 0 radical (unpaired) electrons. The molecule has 0 aliphatic heterocycles. The first-order valence-corrected chi connectivity index (χ1v) is 7.73. The molecule has 0 amide bonds. The first-order chi connectivity index (χ1) is 12.0. The highest BCUT2D eigenvalue weighted by Gasteiger charge is 2.09. The minimum absolute atomic E-state index is 0.251. The summed E-state index contributed by atoms with van der Waals surface area (Å²) in [6.45, 7) is 0.251. The number of aromatic amines is 1. The maximum atomic E-state index is 12.1. The number of H-pyrrole nitrogens is 1. The number of aromatic nitrogens is 3. The molecule has 1 heterocycles. The zero-order valence-electron chi connectivity index (χ0n) is 13.7. The second-order valence-corrected chi connectivity index (χ2v) is 5.63. The molecule has 0 saturated carbocycles. The molecule has 0 fully saturated rings. The predicted molar refractivity (Wildman–Crippen MR) is 94.9 cm³/mol. The van der Waals surface area contributed by atoms with Crippen LogP contribution < -0.4 is 21.7 Å². The first-order valence-electron chi connectivity index (χ1n) is 7.73. The fraction of sp³-hybridized carbons (Fsp3) is 0.167. The second-order valence-electron chi connectivity index (χ2n) is 5.63. The van der Waals surface area contributed by atoms with Gasteiger partial charge in [0.1, 0.15) is 11.4 Å². The highest BCUT2D eigenvalue weighted by molar-refractivity contribution is 5.39. The van der Waals surface area contributed by atoms with E-state index in [1.807, 2.05) is 36.4 Å². The Bertz CT molecular complexity index is 990. The van der Waals surface area contributed by atoms with Gasteiger partial charge in [-0.15, -0.1) is 0 Å². The number of anilines is 1. The number of nitrogen functional groups attached to an aromatic ring is 1. The highest BCUT2D eigenvalue weighted by atomic mass is 16.5. The van der Waals surface area contributed by atoms with Crippen molar-refractivity contribution in [3.05, 3.63) is 86.2 Å². The summed E-state index contributed by atoms with van der Waals surface area (Å²) in [5, 5.41) is 4.23. The second kappa shape index (κ2) is 7.04. The number of rotatable bonds is 5. The van der Waals surface area contributed by atoms with Crippen LogP contribution in [0, 0.1) is 0 Å². The van der Waals surface area contributed by atoms with Gasteiger partial charge in [-0.2, -0.15) is 5.10 Å². The fourth-order valence-corrected chi connectivity index (χ4v) is 2.46. The standard InChI is InChI=1S/C18H18N4O3/c1-25-15-4-2-3-13(9-15)10-16-17(23)20-18(24)22(21-16)11-12-5-7-14(19)8-6-12/h2-9H,10-11,19H2,1H3,(H,20,23,24). The highest BCUT2D eigenvalue weighted by Crippen LogP contribution is 2.14. The van der Waals surface area contributed by atoms with Gasteiger partial charge in [0.05, 0.1) is 13.7 Å². The third kappa shape index (κ3) is 3.95. The van der Waals surface area contributed by atoms with Crippen LogP contribution in [0.5, 0.6) is 5.75 Å². The molecule has 0 aliphatic rings. The molecule has 0 bridgehead atoms. The minimum atomic E-state index is -0.545.